The monoisotopic (exact) mass is 429 g/mol. The van der Waals surface area contributed by atoms with Crippen molar-refractivity contribution < 1.29 is 19.9 Å². The minimum atomic E-state index is -1.58. The van der Waals surface area contributed by atoms with E-state index in [-0.39, 0.29) is 10.2 Å². The summed E-state index contributed by atoms with van der Waals surface area (Å²) in [6, 6.07) is 6.29. The predicted octanol–water partition coefficient (Wildman–Crippen LogP) is 3.74. The van der Waals surface area contributed by atoms with Gasteiger partial charge in [-0.1, -0.05) is 13.0 Å². The van der Waals surface area contributed by atoms with Crippen LogP contribution >= 0.6 is 25.2 Å². The lowest BCUT2D eigenvalue weighted by atomic mass is 10.0. The Morgan fingerprint density at radius 2 is 2.08 bits per heavy atom. The molecule has 0 aliphatic heterocycles. The molecule has 0 amide bonds. The molecule has 0 aromatic heterocycles. The van der Waals surface area contributed by atoms with E-state index in [4.69, 9.17) is 0 Å². The highest BCUT2D eigenvalue weighted by molar-refractivity contribution is 9.10. The SMILES string of the molecule is CCc1cc2c(c([N+](O)(O)Nc3ccc(F)c(Br)c3P)c1)CCC2O. The number of halogens is 2. The second-order valence-electron chi connectivity index (χ2n) is 6.13. The van der Waals surface area contributed by atoms with Crippen LogP contribution in [0.5, 0.6) is 0 Å². The van der Waals surface area contributed by atoms with Gasteiger partial charge in [0.25, 0.3) is 0 Å². The summed E-state index contributed by atoms with van der Waals surface area (Å²) in [4.78, 5) is -1.58. The normalized spacial score (nSPS) is 16.8. The third kappa shape index (κ3) is 3.45. The summed E-state index contributed by atoms with van der Waals surface area (Å²) < 4.78 is 13.8. The molecule has 4 N–H and O–H groups in total. The molecule has 0 heterocycles. The van der Waals surface area contributed by atoms with Crippen LogP contribution in [-0.2, 0) is 12.8 Å². The van der Waals surface area contributed by atoms with E-state index >= 15 is 0 Å². The lowest BCUT2D eigenvalue weighted by Crippen LogP contribution is -2.49. The van der Waals surface area contributed by atoms with E-state index in [0.29, 0.717) is 35.8 Å². The molecule has 0 fully saturated rings. The van der Waals surface area contributed by atoms with E-state index < -0.39 is 16.8 Å². The maximum atomic E-state index is 13.6. The van der Waals surface area contributed by atoms with Gasteiger partial charge >= 0.3 is 0 Å². The fourth-order valence-electron chi connectivity index (χ4n) is 3.12. The Morgan fingerprint density at radius 1 is 1.36 bits per heavy atom. The molecular formula is C17H20BrFN2O3P+. The van der Waals surface area contributed by atoms with Crippen LogP contribution in [-0.4, -0.2) is 15.5 Å². The van der Waals surface area contributed by atoms with Gasteiger partial charge in [0.05, 0.1) is 15.5 Å². The maximum absolute atomic E-state index is 13.6. The van der Waals surface area contributed by atoms with Gasteiger partial charge in [-0.25, -0.2) is 4.39 Å². The zero-order chi connectivity index (χ0) is 18.4. The maximum Gasteiger partial charge on any atom is 0.231 e. The highest BCUT2D eigenvalue weighted by Crippen LogP contribution is 2.40. The van der Waals surface area contributed by atoms with E-state index in [1.54, 1.807) is 6.07 Å². The van der Waals surface area contributed by atoms with Crippen molar-refractivity contribution in [3.63, 3.8) is 0 Å². The van der Waals surface area contributed by atoms with Gasteiger partial charge in [-0.05, 0) is 58.5 Å². The topological polar surface area (TPSA) is 72.7 Å². The minimum Gasteiger partial charge on any atom is -0.388 e. The summed E-state index contributed by atoms with van der Waals surface area (Å²) in [5.74, 6) is -0.443. The average Bonchev–Trinajstić information content (AvgIpc) is 2.95. The lowest BCUT2D eigenvalue weighted by molar-refractivity contribution is -0.272. The fourth-order valence-corrected chi connectivity index (χ4v) is 3.76. The first kappa shape index (κ1) is 18.7. The standard InChI is InChI=1S/C17H20BrFN2O3P/c1-2-9-7-11-10(3-6-15(11)22)14(8-9)21(23,24)20-13-5-4-12(19)16(18)17(13)25/h4-5,7-8,15,20,22-24H,2-3,6,25H2,1H3/q+1. The van der Waals surface area contributed by atoms with Crippen LogP contribution < -0.4 is 15.6 Å². The molecule has 8 heteroatoms. The molecular weight excluding hydrogens is 410 g/mol. The highest BCUT2D eigenvalue weighted by Gasteiger charge is 2.37. The van der Waals surface area contributed by atoms with Crippen molar-refractivity contribution >= 4 is 41.8 Å². The Bertz CT molecular complexity index is 832. The Kier molecular flexibility index (Phi) is 5.17. The Labute approximate surface area is 155 Å². The van der Waals surface area contributed by atoms with E-state index in [0.717, 1.165) is 11.1 Å². The second kappa shape index (κ2) is 6.91. The first-order valence-corrected chi connectivity index (χ1v) is 9.32. The number of nitrogens with zero attached hydrogens (tertiary/aromatic N) is 1. The molecule has 5 nitrogen and oxygen atoms in total. The number of rotatable bonds is 4. The summed E-state index contributed by atoms with van der Waals surface area (Å²) in [7, 11) is 2.37. The third-order valence-electron chi connectivity index (χ3n) is 4.50. The number of fused-ring (bicyclic) bond motifs is 1. The van der Waals surface area contributed by atoms with Crippen LogP contribution in [0.1, 0.15) is 36.1 Å². The van der Waals surface area contributed by atoms with E-state index in [9.17, 15) is 19.9 Å². The van der Waals surface area contributed by atoms with Gasteiger partial charge in [-0.15, -0.1) is 19.7 Å². The summed E-state index contributed by atoms with van der Waals surface area (Å²) >= 11 is 3.14. The molecule has 25 heavy (non-hydrogen) atoms. The summed E-state index contributed by atoms with van der Waals surface area (Å²) in [6.45, 7) is 1.96. The number of aliphatic hydroxyl groups is 1. The third-order valence-corrected chi connectivity index (χ3v) is 6.33. The lowest BCUT2D eigenvalue weighted by Gasteiger charge is -2.25. The zero-order valence-corrected chi connectivity index (χ0v) is 16.4. The van der Waals surface area contributed by atoms with Crippen LogP contribution in [0.2, 0.25) is 0 Å². The predicted molar refractivity (Wildman–Crippen MR) is 102 cm³/mol. The number of hydrogen-bond acceptors (Lipinski definition) is 4. The van der Waals surface area contributed by atoms with Crippen molar-refractivity contribution in [2.45, 2.75) is 32.3 Å². The van der Waals surface area contributed by atoms with Gasteiger partial charge in [-0.2, -0.15) is 5.43 Å². The summed E-state index contributed by atoms with van der Waals surface area (Å²) in [5, 5.41) is 31.9. The highest BCUT2D eigenvalue weighted by atomic mass is 79.9. The van der Waals surface area contributed by atoms with Gasteiger partial charge in [0, 0.05) is 16.9 Å². The first-order valence-electron chi connectivity index (χ1n) is 7.95. The number of hydrogen-bond donors (Lipinski definition) is 4. The van der Waals surface area contributed by atoms with Crippen molar-refractivity contribution in [1.82, 2.24) is 4.92 Å². The van der Waals surface area contributed by atoms with Crippen molar-refractivity contribution in [2.75, 3.05) is 5.43 Å². The molecule has 2 aromatic rings. The fraction of sp³-hybridized carbons (Fsp3) is 0.294. The average molecular weight is 430 g/mol. The van der Waals surface area contributed by atoms with Crippen molar-refractivity contribution in [2.24, 2.45) is 0 Å². The molecule has 1 aliphatic carbocycles. The quantitative estimate of drug-likeness (QED) is 0.339. The van der Waals surface area contributed by atoms with Crippen LogP contribution in [0.3, 0.4) is 0 Å². The van der Waals surface area contributed by atoms with E-state index in [1.807, 2.05) is 13.0 Å². The largest absolute Gasteiger partial charge is 0.388 e. The second-order valence-corrected chi connectivity index (χ2v) is 7.50. The summed E-state index contributed by atoms with van der Waals surface area (Å²) in [6.07, 6.45) is 1.20. The van der Waals surface area contributed by atoms with E-state index in [2.05, 4.69) is 30.6 Å². The van der Waals surface area contributed by atoms with Crippen LogP contribution in [0, 0.1) is 5.82 Å². The molecule has 0 radical (unpaired) electrons. The van der Waals surface area contributed by atoms with Gasteiger partial charge in [-0.3, -0.25) is 0 Å². The molecule has 1 aliphatic rings. The molecule has 0 saturated heterocycles. The zero-order valence-electron chi connectivity index (χ0n) is 13.6. The summed E-state index contributed by atoms with van der Waals surface area (Å²) in [5.41, 5.74) is 5.56. The van der Waals surface area contributed by atoms with Gasteiger partial charge in [0.15, 0.2) is 0 Å². The van der Waals surface area contributed by atoms with Crippen LogP contribution in [0.15, 0.2) is 28.7 Å². The Morgan fingerprint density at radius 3 is 2.76 bits per heavy atom. The van der Waals surface area contributed by atoms with Crippen LogP contribution in [0.4, 0.5) is 15.8 Å². The van der Waals surface area contributed by atoms with Crippen molar-refractivity contribution in [3.8, 4) is 0 Å². The number of nitrogens with one attached hydrogen (secondary N) is 1. The molecule has 0 bridgehead atoms. The van der Waals surface area contributed by atoms with Crippen molar-refractivity contribution in [1.29, 1.82) is 0 Å². The molecule has 134 valence electrons. The number of anilines is 1. The van der Waals surface area contributed by atoms with Gasteiger partial charge in [0.1, 0.15) is 11.5 Å². The molecule has 0 saturated carbocycles. The van der Waals surface area contributed by atoms with Crippen LogP contribution in [0.25, 0.3) is 0 Å². The minimum absolute atomic E-state index is 0.227. The number of benzene rings is 2. The number of quaternary nitrogens is 1. The first-order chi connectivity index (χ1) is 11.7. The molecule has 2 atom stereocenters. The van der Waals surface area contributed by atoms with Gasteiger partial charge in [0.2, 0.25) is 5.69 Å². The van der Waals surface area contributed by atoms with E-state index in [1.165, 1.54) is 12.1 Å². The molecule has 2 unspecified atom stereocenters. The molecule has 2 aromatic carbocycles. The number of aliphatic hydroxyl groups excluding tert-OH is 1. The Balaban J connectivity index is 2.05. The molecule has 3 rings (SSSR count). The molecule has 0 spiro atoms. The smallest absolute Gasteiger partial charge is 0.231 e. The Hall–Kier alpha value is -1.08. The van der Waals surface area contributed by atoms with Crippen molar-refractivity contribution in [3.05, 3.63) is 51.2 Å². The van der Waals surface area contributed by atoms with Gasteiger partial charge < -0.3 is 5.11 Å². The number of aryl methyl sites for hydroxylation is 1.